The van der Waals surface area contributed by atoms with Gasteiger partial charge in [-0.1, -0.05) is 19.1 Å². The monoisotopic (exact) mass is 285 g/mol. The lowest BCUT2D eigenvalue weighted by Crippen LogP contribution is -1.91. The first-order valence-corrected chi connectivity index (χ1v) is 6.72. The summed E-state index contributed by atoms with van der Waals surface area (Å²) in [5.74, 6) is 0.112. The minimum atomic E-state index is -0.280. The average molecular weight is 285 g/mol. The van der Waals surface area contributed by atoms with Crippen LogP contribution in [-0.2, 0) is 13.5 Å². The first-order valence-electron chi connectivity index (χ1n) is 6.72. The summed E-state index contributed by atoms with van der Waals surface area (Å²) in [6.45, 7) is 2.04. The molecular weight excluding hydrogens is 269 g/mol. The maximum absolute atomic E-state index is 13.1. The predicted octanol–water partition coefficient (Wildman–Crippen LogP) is 2.76. The van der Waals surface area contributed by atoms with Crippen LogP contribution in [0.3, 0.4) is 0 Å². The fourth-order valence-electron chi connectivity index (χ4n) is 2.46. The van der Waals surface area contributed by atoms with Gasteiger partial charge in [0.2, 0.25) is 0 Å². The second kappa shape index (κ2) is 5.05. The summed E-state index contributed by atoms with van der Waals surface area (Å²) in [5.41, 5.74) is 10.3. The van der Waals surface area contributed by atoms with Gasteiger partial charge in [-0.15, -0.1) is 0 Å². The molecule has 0 bridgehead atoms. The van der Waals surface area contributed by atoms with E-state index in [4.69, 9.17) is 5.73 Å². The third-order valence-corrected chi connectivity index (χ3v) is 3.44. The number of H-pyrrole nitrogens is 1. The van der Waals surface area contributed by atoms with Gasteiger partial charge < -0.3 is 5.73 Å². The van der Waals surface area contributed by atoms with Crippen molar-refractivity contribution in [1.82, 2.24) is 20.0 Å². The van der Waals surface area contributed by atoms with Crippen LogP contribution in [0.2, 0.25) is 0 Å². The van der Waals surface area contributed by atoms with Crippen LogP contribution in [0.5, 0.6) is 0 Å². The highest BCUT2D eigenvalue weighted by molar-refractivity contribution is 5.88. The summed E-state index contributed by atoms with van der Waals surface area (Å²) >= 11 is 0. The van der Waals surface area contributed by atoms with Crippen LogP contribution < -0.4 is 5.73 Å². The molecule has 0 spiro atoms. The number of nitrogens with zero attached hydrogens (tertiary/aromatic N) is 3. The van der Waals surface area contributed by atoms with Gasteiger partial charge in [0.25, 0.3) is 0 Å². The van der Waals surface area contributed by atoms with Gasteiger partial charge in [-0.25, -0.2) is 4.39 Å². The third kappa shape index (κ3) is 2.29. The number of aromatic amines is 1. The number of nitrogens with one attached hydrogen (secondary N) is 1. The Balaban J connectivity index is 2.19. The highest BCUT2D eigenvalue weighted by atomic mass is 19.1. The van der Waals surface area contributed by atoms with E-state index in [2.05, 4.69) is 15.3 Å². The molecule has 2 aromatic heterocycles. The zero-order valence-electron chi connectivity index (χ0n) is 11.9. The summed E-state index contributed by atoms with van der Waals surface area (Å²) in [5, 5.41) is 11.5. The van der Waals surface area contributed by atoms with Gasteiger partial charge in [-0.05, 0) is 24.1 Å². The van der Waals surface area contributed by atoms with Crippen LogP contribution in [0.1, 0.15) is 12.6 Å². The molecule has 3 rings (SSSR count). The molecule has 0 saturated heterocycles. The summed E-state index contributed by atoms with van der Waals surface area (Å²) in [7, 11) is 1.87. The number of hydrogen-bond donors (Lipinski definition) is 2. The lowest BCUT2D eigenvalue weighted by atomic mass is 10.0. The van der Waals surface area contributed by atoms with Gasteiger partial charge in [0, 0.05) is 18.8 Å². The number of hydrogen-bond acceptors (Lipinski definition) is 3. The van der Waals surface area contributed by atoms with Crippen molar-refractivity contribution in [2.45, 2.75) is 13.3 Å². The number of benzene rings is 1. The van der Waals surface area contributed by atoms with Crippen molar-refractivity contribution in [2.24, 2.45) is 7.05 Å². The van der Waals surface area contributed by atoms with Gasteiger partial charge in [0.15, 0.2) is 5.82 Å². The molecule has 108 valence electrons. The van der Waals surface area contributed by atoms with Gasteiger partial charge >= 0.3 is 0 Å². The molecule has 3 aromatic rings. The first kappa shape index (κ1) is 13.4. The van der Waals surface area contributed by atoms with Crippen LogP contribution in [0.15, 0.2) is 30.5 Å². The summed E-state index contributed by atoms with van der Waals surface area (Å²) < 4.78 is 14.9. The minimum Gasteiger partial charge on any atom is -0.382 e. The zero-order chi connectivity index (χ0) is 15.0. The second-order valence-corrected chi connectivity index (χ2v) is 4.88. The molecule has 2 heterocycles. The Bertz CT molecular complexity index is 770. The van der Waals surface area contributed by atoms with Crippen molar-refractivity contribution in [3.63, 3.8) is 0 Å². The number of halogens is 1. The molecule has 0 saturated carbocycles. The van der Waals surface area contributed by atoms with Gasteiger partial charge in [0.1, 0.15) is 5.82 Å². The van der Waals surface area contributed by atoms with Crippen molar-refractivity contribution in [3.05, 3.63) is 42.0 Å². The molecule has 0 aliphatic rings. The SMILES string of the molecule is CCc1nn(C)cc1-c1[nH]nc(N)c1-c1ccc(F)cc1. The van der Waals surface area contributed by atoms with Crippen LogP contribution in [0.25, 0.3) is 22.4 Å². The van der Waals surface area contributed by atoms with Crippen LogP contribution in [0, 0.1) is 5.82 Å². The number of aryl methyl sites for hydroxylation is 2. The quantitative estimate of drug-likeness (QED) is 0.777. The van der Waals surface area contributed by atoms with Gasteiger partial charge in [-0.3, -0.25) is 9.78 Å². The molecular formula is C15H16FN5. The van der Waals surface area contributed by atoms with E-state index < -0.39 is 0 Å². The summed E-state index contributed by atoms with van der Waals surface area (Å²) in [6.07, 6.45) is 2.73. The van der Waals surface area contributed by atoms with Crippen molar-refractivity contribution >= 4 is 5.82 Å². The largest absolute Gasteiger partial charge is 0.382 e. The van der Waals surface area contributed by atoms with Crippen molar-refractivity contribution in [1.29, 1.82) is 0 Å². The second-order valence-electron chi connectivity index (χ2n) is 4.88. The van der Waals surface area contributed by atoms with E-state index in [-0.39, 0.29) is 5.82 Å². The molecule has 0 fully saturated rings. The third-order valence-electron chi connectivity index (χ3n) is 3.44. The van der Waals surface area contributed by atoms with E-state index >= 15 is 0 Å². The van der Waals surface area contributed by atoms with E-state index in [1.165, 1.54) is 12.1 Å². The van der Waals surface area contributed by atoms with E-state index in [1.807, 2.05) is 20.2 Å². The Morgan fingerprint density at radius 1 is 1.29 bits per heavy atom. The number of anilines is 1. The van der Waals surface area contributed by atoms with E-state index in [0.29, 0.717) is 5.82 Å². The first-order chi connectivity index (χ1) is 10.1. The van der Waals surface area contributed by atoms with Crippen LogP contribution in [-0.4, -0.2) is 20.0 Å². The highest BCUT2D eigenvalue weighted by Crippen LogP contribution is 2.36. The zero-order valence-corrected chi connectivity index (χ0v) is 11.9. The number of aromatic nitrogens is 4. The van der Waals surface area contributed by atoms with E-state index in [0.717, 1.165) is 34.5 Å². The smallest absolute Gasteiger partial charge is 0.153 e. The normalized spacial score (nSPS) is 11.0. The molecule has 0 amide bonds. The molecule has 0 aliphatic carbocycles. The molecule has 1 aromatic carbocycles. The Labute approximate surface area is 121 Å². The highest BCUT2D eigenvalue weighted by Gasteiger charge is 2.18. The maximum atomic E-state index is 13.1. The molecule has 21 heavy (non-hydrogen) atoms. The Kier molecular flexibility index (Phi) is 3.21. The summed E-state index contributed by atoms with van der Waals surface area (Å²) in [6, 6.07) is 6.22. The predicted molar refractivity (Wildman–Crippen MR) is 80.0 cm³/mol. The lowest BCUT2D eigenvalue weighted by molar-refractivity contribution is 0.628. The molecule has 0 aliphatic heterocycles. The topological polar surface area (TPSA) is 72.5 Å². The fraction of sp³-hybridized carbons (Fsp3) is 0.200. The Hall–Kier alpha value is -2.63. The summed E-state index contributed by atoms with van der Waals surface area (Å²) in [4.78, 5) is 0. The lowest BCUT2D eigenvalue weighted by Gasteiger charge is -2.04. The van der Waals surface area contributed by atoms with Crippen molar-refractivity contribution < 1.29 is 4.39 Å². The Morgan fingerprint density at radius 3 is 2.67 bits per heavy atom. The molecule has 0 radical (unpaired) electrons. The van der Waals surface area contributed by atoms with Crippen LogP contribution in [0.4, 0.5) is 10.2 Å². The average Bonchev–Trinajstić information content (AvgIpc) is 3.02. The van der Waals surface area contributed by atoms with Gasteiger partial charge in [-0.2, -0.15) is 10.2 Å². The number of nitrogen functional groups attached to an aromatic ring is 1. The van der Waals surface area contributed by atoms with Gasteiger partial charge in [0.05, 0.1) is 17.0 Å². The van der Waals surface area contributed by atoms with E-state index in [1.54, 1.807) is 16.8 Å². The molecule has 3 N–H and O–H groups in total. The number of nitrogens with two attached hydrogens (primary N) is 1. The van der Waals surface area contributed by atoms with Crippen LogP contribution >= 0.6 is 0 Å². The fourth-order valence-corrected chi connectivity index (χ4v) is 2.46. The minimum absolute atomic E-state index is 0.280. The molecule has 5 nitrogen and oxygen atoms in total. The Morgan fingerprint density at radius 2 is 2.00 bits per heavy atom. The molecule has 0 unspecified atom stereocenters. The number of rotatable bonds is 3. The van der Waals surface area contributed by atoms with E-state index in [9.17, 15) is 4.39 Å². The van der Waals surface area contributed by atoms with Crippen molar-refractivity contribution in [3.8, 4) is 22.4 Å². The standard InChI is InChI=1S/C15H16FN5/c1-3-12-11(8-21(2)20-12)14-13(15(17)19-18-14)9-4-6-10(16)7-5-9/h4-8H,3H2,1-2H3,(H3,17,18,19). The maximum Gasteiger partial charge on any atom is 0.153 e. The molecule has 6 heteroatoms. The molecule has 0 atom stereocenters. The van der Waals surface area contributed by atoms with Crippen molar-refractivity contribution in [2.75, 3.05) is 5.73 Å².